The number of fused-ring (bicyclic) bond motifs is 2. The number of pyridine rings is 1. The van der Waals surface area contributed by atoms with Crippen molar-refractivity contribution in [1.29, 1.82) is 0 Å². The Balaban J connectivity index is 1.41. The van der Waals surface area contributed by atoms with E-state index in [1.165, 1.54) is 0 Å². The smallest absolute Gasteiger partial charge is 0.408 e. The van der Waals surface area contributed by atoms with Gasteiger partial charge in [-0.25, -0.2) is 9.18 Å². The van der Waals surface area contributed by atoms with Crippen LogP contribution in [0.5, 0.6) is 0 Å². The second-order valence-corrected chi connectivity index (χ2v) is 9.23. The first-order valence-corrected chi connectivity index (χ1v) is 11.1. The van der Waals surface area contributed by atoms with Gasteiger partial charge in [0.15, 0.2) is 0 Å². The molecule has 4 unspecified atom stereocenters. The molecule has 3 aliphatic heterocycles. The summed E-state index contributed by atoms with van der Waals surface area (Å²) in [5.41, 5.74) is 1.75. The van der Waals surface area contributed by atoms with Crippen LogP contribution < -0.4 is 4.90 Å². The predicted molar refractivity (Wildman–Crippen MR) is 115 cm³/mol. The number of nitrogens with zero attached hydrogens (tertiary/aromatic N) is 3. The molecule has 2 bridgehead atoms. The molecule has 3 aliphatic rings. The minimum absolute atomic E-state index is 0.0802. The number of aliphatic hydroxyl groups excluding tert-OH is 1. The van der Waals surface area contributed by atoms with Crippen LogP contribution in [0, 0.1) is 11.7 Å². The number of hydrogen-bond donors (Lipinski definition) is 2. The molecule has 164 valence electrons. The van der Waals surface area contributed by atoms with E-state index in [2.05, 4.69) is 9.88 Å². The van der Waals surface area contributed by atoms with Gasteiger partial charge in [0.05, 0.1) is 17.3 Å². The van der Waals surface area contributed by atoms with Crippen LogP contribution in [-0.4, -0.2) is 57.0 Å². The number of hydrogen-bond acceptors (Lipinski definition) is 4. The third-order valence-corrected chi connectivity index (χ3v) is 7.58. The van der Waals surface area contributed by atoms with Crippen molar-refractivity contribution >= 4 is 11.8 Å². The van der Waals surface area contributed by atoms with E-state index in [0.29, 0.717) is 25.1 Å². The van der Waals surface area contributed by atoms with E-state index >= 15 is 4.39 Å². The summed E-state index contributed by atoms with van der Waals surface area (Å²) in [5.74, 6) is -0.188. The Morgan fingerprint density at radius 2 is 1.97 bits per heavy atom. The standard InChI is InChI=1S/C24H28FN3O3/c25-21-12-17(16-6-9-26-10-7-16)3-4-22(21)27-11-1-2-18(15-27)24-8-5-19(13-20(29)14-24)28(24)23(30)31/h3-4,6-7,9-10,12,18-20,29H,1-2,5,8,11,13-15H2,(H,30,31). The topological polar surface area (TPSA) is 76.9 Å². The van der Waals surface area contributed by atoms with Crippen molar-refractivity contribution in [3.8, 4) is 11.1 Å². The number of amides is 1. The Morgan fingerprint density at radius 1 is 1.16 bits per heavy atom. The third kappa shape index (κ3) is 3.45. The van der Waals surface area contributed by atoms with Crippen molar-refractivity contribution in [3.05, 3.63) is 48.5 Å². The van der Waals surface area contributed by atoms with Crippen molar-refractivity contribution < 1.29 is 19.4 Å². The van der Waals surface area contributed by atoms with E-state index in [9.17, 15) is 15.0 Å². The van der Waals surface area contributed by atoms with Gasteiger partial charge in [-0.05, 0) is 73.9 Å². The lowest BCUT2D eigenvalue weighted by molar-refractivity contribution is -0.0390. The lowest BCUT2D eigenvalue weighted by atomic mass is 9.72. The Bertz CT molecular complexity index is 972. The lowest BCUT2D eigenvalue weighted by Crippen LogP contribution is -2.62. The molecule has 0 aliphatic carbocycles. The quantitative estimate of drug-likeness (QED) is 0.773. The number of aromatic nitrogens is 1. The minimum Gasteiger partial charge on any atom is -0.465 e. The highest BCUT2D eigenvalue weighted by Crippen LogP contribution is 2.51. The fourth-order valence-corrected chi connectivity index (χ4v) is 6.29. The molecule has 2 N–H and O–H groups in total. The average Bonchev–Trinajstić information content (AvgIpc) is 3.03. The second kappa shape index (κ2) is 7.79. The van der Waals surface area contributed by atoms with Crippen LogP contribution >= 0.6 is 0 Å². The van der Waals surface area contributed by atoms with E-state index < -0.39 is 17.7 Å². The summed E-state index contributed by atoms with van der Waals surface area (Å²) in [7, 11) is 0. The average molecular weight is 426 g/mol. The fourth-order valence-electron chi connectivity index (χ4n) is 6.29. The van der Waals surface area contributed by atoms with E-state index in [1.807, 2.05) is 24.3 Å². The highest BCUT2D eigenvalue weighted by Gasteiger charge is 2.57. The number of carboxylic acid groups (broad SMARTS) is 1. The molecule has 1 aromatic heterocycles. The van der Waals surface area contributed by atoms with Gasteiger partial charge in [0, 0.05) is 37.4 Å². The molecule has 6 nitrogen and oxygen atoms in total. The van der Waals surface area contributed by atoms with Crippen molar-refractivity contribution in [2.75, 3.05) is 18.0 Å². The monoisotopic (exact) mass is 425 g/mol. The SMILES string of the molecule is O=C(O)N1C2CCC1(C1CCCN(c3ccc(-c4ccncc4)cc3F)C1)CC(O)C2. The van der Waals surface area contributed by atoms with Gasteiger partial charge in [0.25, 0.3) is 0 Å². The van der Waals surface area contributed by atoms with Gasteiger partial charge in [-0.3, -0.25) is 9.88 Å². The zero-order valence-electron chi connectivity index (χ0n) is 17.5. The van der Waals surface area contributed by atoms with E-state index in [4.69, 9.17) is 0 Å². The Hall–Kier alpha value is -2.67. The summed E-state index contributed by atoms with van der Waals surface area (Å²) < 4.78 is 15.1. The maximum Gasteiger partial charge on any atom is 0.408 e. The summed E-state index contributed by atoms with van der Waals surface area (Å²) in [5, 5.41) is 20.4. The number of carbonyl (C=O) groups is 1. The molecule has 31 heavy (non-hydrogen) atoms. The first-order valence-electron chi connectivity index (χ1n) is 11.1. The predicted octanol–water partition coefficient (Wildman–Crippen LogP) is 4.14. The second-order valence-electron chi connectivity index (χ2n) is 9.23. The summed E-state index contributed by atoms with van der Waals surface area (Å²) >= 11 is 0. The normalized spacial score (nSPS) is 30.5. The molecule has 2 aromatic rings. The molecule has 7 heteroatoms. The Kier molecular flexibility index (Phi) is 5.08. The molecule has 0 radical (unpaired) electrons. The van der Waals surface area contributed by atoms with E-state index in [-0.39, 0.29) is 17.8 Å². The minimum atomic E-state index is -0.889. The Labute approximate surface area is 181 Å². The van der Waals surface area contributed by atoms with Crippen LogP contribution in [0.3, 0.4) is 0 Å². The summed E-state index contributed by atoms with van der Waals surface area (Å²) in [4.78, 5) is 19.8. The van der Waals surface area contributed by atoms with Crippen molar-refractivity contribution in [3.63, 3.8) is 0 Å². The highest BCUT2D eigenvalue weighted by atomic mass is 19.1. The molecule has 4 heterocycles. The Morgan fingerprint density at radius 3 is 2.71 bits per heavy atom. The lowest BCUT2D eigenvalue weighted by Gasteiger charge is -2.52. The van der Waals surface area contributed by atoms with Crippen molar-refractivity contribution in [2.45, 2.75) is 56.2 Å². The van der Waals surface area contributed by atoms with Crippen LogP contribution in [-0.2, 0) is 0 Å². The molecule has 1 aromatic carbocycles. The number of piperidine rings is 2. The summed E-state index contributed by atoms with van der Waals surface area (Å²) in [6.45, 7) is 1.35. The van der Waals surface area contributed by atoms with Crippen LogP contribution in [0.25, 0.3) is 11.1 Å². The molecule has 3 fully saturated rings. The van der Waals surface area contributed by atoms with Gasteiger partial charge in [0.2, 0.25) is 0 Å². The van der Waals surface area contributed by atoms with E-state index in [0.717, 1.165) is 43.4 Å². The summed E-state index contributed by atoms with van der Waals surface area (Å²) in [6, 6.07) is 8.92. The van der Waals surface area contributed by atoms with Gasteiger partial charge in [-0.1, -0.05) is 6.07 Å². The molecular formula is C24H28FN3O3. The first kappa shape index (κ1) is 20.2. The van der Waals surface area contributed by atoms with Crippen LogP contribution in [0.4, 0.5) is 14.9 Å². The molecule has 5 rings (SSSR count). The van der Waals surface area contributed by atoms with Gasteiger partial charge in [0.1, 0.15) is 5.82 Å². The zero-order valence-corrected chi connectivity index (χ0v) is 17.5. The van der Waals surface area contributed by atoms with Crippen LogP contribution in [0.1, 0.15) is 38.5 Å². The highest BCUT2D eigenvalue weighted by molar-refractivity contribution is 5.68. The fraction of sp³-hybridized carbons (Fsp3) is 0.500. The van der Waals surface area contributed by atoms with E-state index in [1.54, 1.807) is 23.4 Å². The molecular weight excluding hydrogens is 397 g/mol. The molecule has 0 saturated carbocycles. The van der Waals surface area contributed by atoms with Crippen LogP contribution in [0.2, 0.25) is 0 Å². The first-order chi connectivity index (χ1) is 15.0. The van der Waals surface area contributed by atoms with Gasteiger partial charge >= 0.3 is 6.09 Å². The van der Waals surface area contributed by atoms with Crippen LogP contribution in [0.15, 0.2) is 42.7 Å². The molecule has 0 spiro atoms. The van der Waals surface area contributed by atoms with Gasteiger partial charge < -0.3 is 15.1 Å². The van der Waals surface area contributed by atoms with Crippen molar-refractivity contribution in [2.24, 2.45) is 5.92 Å². The molecule has 1 amide bonds. The number of aliphatic hydroxyl groups is 1. The largest absolute Gasteiger partial charge is 0.465 e. The maximum absolute atomic E-state index is 15.1. The van der Waals surface area contributed by atoms with Gasteiger partial charge in [-0.2, -0.15) is 0 Å². The number of benzene rings is 1. The molecule has 3 saturated heterocycles. The number of halogens is 1. The third-order valence-electron chi connectivity index (χ3n) is 7.58. The van der Waals surface area contributed by atoms with Gasteiger partial charge in [-0.15, -0.1) is 0 Å². The summed E-state index contributed by atoms with van der Waals surface area (Å²) in [6.07, 6.45) is 6.40. The van der Waals surface area contributed by atoms with Crippen molar-refractivity contribution in [1.82, 2.24) is 9.88 Å². The zero-order chi connectivity index (χ0) is 21.6. The molecule has 4 atom stereocenters. The number of rotatable bonds is 3. The number of anilines is 1. The maximum atomic E-state index is 15.1.